The first kappa shape index (κ1) is 22.6. The molecule has 4 rings (SSSR count). The van der Waals surface area contributed by atoms with E-state index in [-0.39, 0.29) is 11.7 Å². The molecule has 0 fully saturated rings. The lowest BCUT2D eigenvalue weighted by Gasteiger charge is -2.24. The van der Waals surface area contributed by atoms with Crippen LogP contribution in [0.3, 0.4) is 0 Å². The van der Waals surface area contributed by atoms with Gasteiger partial charge in [0.2, 0.25) is 5.89 Å². The monoisotopic (exact) mass is 446 g/mol. The quantitative estimate of drug-likeness (QED) is 0.539. The maximum Gasteiger partial charge on any atom is 0.270 e. The van der Waals surface area contributed by atoms with Gasteiger partial charge in [0.25, 0.3) is 5.89 Å². The molecule has 172 valence electrons. The molecule has 1 aliphatic rings. The van der Waals surface area contributed by atoms with Crippen LogP contribution < -0.4 is 11.1 Å². The molecule has 3 N–H and O–H groups in total. The third kappa shape index (κ3) is 5.27. The summed E-state index contributed by atoms with van der Waals surface area (Å²) in [5.74, 6) is 0.928. The molecule has 9 nitrogen and oxygen atoms in total. The van der Waals surface area contributed by atoms with E-state index in [2.05, 4.69) is 62.7 Å². The molecule has 0 saturated carbocycles. The highest BCUT2D eigenvalue weighted by Gasteiger charge is 2.19. The van der Waals surface area contributed by atoms with Crippen molar-refractivity contribution in [2.45, 2.75) is 13.5 Å². The summed E-state index contributed by atoms with van der Waals surface area (Å²) in [4.78, 5) is 13.5. The van der Waals surface area contributed by atoms with E-state index < -0.39 is 0 Å². The summed E-state index contributed by atoms with van der Waals surface area (Å²) >= 11 is 0. The first-order chi connectivity index (χ1) is 15.9. The van der Waals surface area contributed by atoms with E-state index in [0.29, 0.717) is 17.3 Å². The summed E-state index contributed by atoms with van der Waals surface area (Å²) in [6.07, 6.45) is 7.94. The molecular weight excluding hydrogens is 416 g/mol. The topological polar surface area (TPSA) is 109 Å². The van der Waals surface area contributed by atoms with E-state index in [9.17, 15) is 0 Å². The summed E-state index contributed by atoms with van der Waals surface area (Å²) in [5.41, 5.74) is 11.3. The van der Waals surface area contributed by atoms with E-state index in [1.807, 2.05) is 32.2 Å². The molecule has 0 spiro atoms. The zero-order valence-electron chi connectivity index (χ0n) is 19.5. The second kappa shape index (κ2) is 9.93. The Labute approximate surface area is 194 Å². The molecule has 0 radical (unpaired) electrons. The standard InChI is InChI=1S/C24H30N8O/c1-16-12-17(13-26-2)7-8-19(16)23-29-30-24(33-23)21-22(25)27-14-20(28-21)18-6-5-9-32(15-18)11-10-31(3)4/h5-8,12,14-15,26H,9-11,13H2,1-4H3,(H2,25,27). The van der Waals surface area contributed by atoms with Gasteiger partial charge in [-0.05, 0) is 45.3 Å². The van der Waals surface area contributed by atoms with Crippen molar-refractivity contribution in [3.05, 3.63) is 59.6 Å². The molecule has 0 atom stereocenters. The lowest BCUT2D eigenvalue weighted by Crippen LogP contribution is -2.29. The minimum absolute atomic E-state index is 0.250. The van der Waals surface area contributed by atoms with Gasteiger partial charge in [0.15, 0.2) is 11.5 Å². The van der Waals surface area contributed by atoms with Gasteiger partial charge in [0, 0.05) is 43.5 Å². The normalized spacial score (nSPS) is 13.6. The Morgan fingerprint density at radius 1 is 1.21 bits per heavy atom. The predicted octanol–water partition coefficient (Wildman–Crippen LogP) is 2.58. The van der Waals surface area contributed by atoms with Gasteiger partial charge in [0.05, 0.1) is 11.9 Å². The Bertz CT molecular complexity index is 1180. The summed E-state index contributed by atoms with van der Waals surface area (Å²) < 4.78 is 5.97. The molecule has 1 aromatic carbocycles. The number of hydrogen-bond donors (Lipinski definition) is 2. The fourth-order valence-corrected chi connectivity index (χ4v) is 3.65. The molecular formula is C24H30N8O. The van der Waals surface area contributed by atoms with Gasteiger partial charge in [-0.25, -0.2) is 9.97 Å². The van der Waals surface area contributed by atoms with Crippen molar-refractivity contribution < 1.29 is 4.42 Å². The lowest BCUT2D eigenvalue weighted by molar-refractivity contribution is 0.324. The zero-order chi connectivity index (χ0) is 23.4. The molecule has 0 amide bonds. The Morgan fingerprint density at radius 2 is 2.03 bits per heavy atom. The fraction of sp³-hybridized carbons (Fsp3) is 0.333. The number of benzene rings is 1. The predicted molar refractivity (Wildman–Crippen MR) is 130 cm³/mol. The number of nitrogens with two attached hydrogens (primary N) is 1. The summed E-state index contributed by atoms with van der Waals surface area (Å²) in [6.45, 7) is 5.58. The number of nitrogens with zero attached hydrogens (tertiary/aromatic N) is 6. The van der Waals surface area contributed by atoms with E-state index >= 15 is 0 Å². The third-order valence-corrected chi connectivity index (χ3v) is 5.42. The molecule has 3 aromatic rings. The van der Waals surface area contributed by atoms with E-state index in [4.69, 9.17) is 15.1 Å². The number of likely N-dealkylation sites (N-methyl/N-ethyl adjacent to an activating group) is 1. The van der Waals surface area contributed by atoms with Crippen molar-refractivity contribution in [2.24, 2.45) is 0 Å². The Kier molecular flexibility index (Phi) is 6.81. The first-order valence-electron chi connectivity index (χ1n) is 10.9. The van der Waals surface area contributed by atoms with Crippen LogP contribution in [0.4, 0.5) is 5.82 Å². The van der Waals surface area contributed by atoms with Crippen molar-refractivity contribution >= 4 is 11.4 Å². The van der Waals surface area contributed by atoms with Gasteiger partial charge in [-0.15, -0.1) is 10.2 Å². The number of rotatable bonds is 8. The Morgan fingerprint density at radius 3 is 2.79 bits per heavy atom. The number of aryl methyl sites for hydroxylation is 1. The molecule has 0 aliphatic carbocycles. The Hall–Kier alpha value is -3.56. The van der Waals surface area contributed by atoms with Crippen LogP contribution in [-0.2, 0) is 6.54 Å². The molecule has 33 heavy (non-hydrogen) atoms. The highest BCUT2D eigenvalue weighted by Crippen LogP contribution is 2.29. The highest BCUT2D eigenvalue weighted by atomic mass is 16.4. The van der Waals surface area contributed by atoms with Gasteiger partial charge in [-0.2, -0.15) is 0 Å². The van der Waals surface area contributed by atoms with Crippen LogP contribution in [0.2, 0.25) is 0 Å². The SMILES string of the molecule is CNCc1ccc(-c2nnc(-c3nc(C4=CN(CCN(C)C)CC=C4)cnc3N)o2)c(C)c1. The molecule has 0 unspecified atom stereocenters. The van der Waals surface area contributed by atoms with Crippen LogP contribution in [0.25, 0.3) is 28.6 Å². The Balaban J connectivity index is 1.60. The zero-order valence-corrected chi connectivity index (χ0v) is 19.5. The first-order valence-corrected chi connectivity index (χ1v) is 10.9. The molecule has 0 bridgehead atoms. The lowest BCUT2D eigenvalue weighted by atomic mass is 10.1. The summed E-state index contributed by atoms with van der Waals surface area (Å²) in [7, 11) is 6.06. The maximum absolute atomic E-state index is 6.13. The molecule has 9 heteroatoms. The van der Waals surface area contributed by atoms with Crippen LogP contribution >= 0.6 is 0 Å². The van der Waals surface area contributed by atoms with Crippen LogP contribution in [-0.4, -0.2) is 70.7 Å². The fourth-order valence-electron chi connectivity index (χ4n) is 3.65. The van der Waals surface area contributed by atoms with Crippen molar-refractivity contribution in [3.8, 4) is 23.0 Å². The van der Waals surface area contributed by atoms with Crippen LogP contribution in [0.1, 0.15) is 16.8 Å². The van der Waals surface area contributed by atoms with Gasteiger partial charge >= 0.3 is 0 Å². The van der Waals surface area contributed by atoms with Gasteiger partial charge < -0.3 is 25.3 Å². The van der Waals surface area contributed by atoms with Gasteiger partial charge in [-0.3, -0.25) is 0 Å². The highest BCUT2D eigenvalue weighted by molar-refractivity contribution is 5.75. The molecule has 1 aliphatic heterocycles. The second-order valence-electron chi connectivity index (χ2n) is 8.37. The van der Waals surface area contributed by atoms with Crippen molar-refractivity contribution in [2.75, 3.05) is 46.5 Å². The number of allylic oxidation sites excluding steroid dienone is 2. The average Bonchev–Trinajstić information content (AvgIpc) is 3.28. The largest absolute Gasteiger partial charge is 0.414 e. The molecule has 0 saturated heterocycles. The number of nitrogens with one attached hydrogen (secondary N) is 1. The third-order valence-electron chi connectivity index (χ3n) is 5.42. The summed E-state index contributed by atoms with van der Waals surface area (Å²) in [5, 5.41) is 11.6. The smallest absolute Gasteiger partial charge is 0.270 e. The number of aromatic nitrogens is 4. The summed E-state index contributed by atoms with van der Waals surface area (Å²) in [6, 6.07) is 6.14. The van der Waals surface area contributed by atoms with Crippen LogP contribution in [0.15, 0.2) is 47.2 Å². The van der Waals surface area contributed by atoms with Gasteiger partial charge in [-0.1, -0.05) is 24.3 Å². The minimum atomic E-state index is 0.250. The van der Waals surface area contributed by atoms with E-state index in [1.54, 1.807) is 6.20 Å². The average molecular weight is 447 g/mol. The number of hydrogen-bond acceptors (Lipinski definition) is 9. The van der Waals surface area contributed by atoms with Crippen LogP contribution in [0.5, 0.6) is 0 Å². The van der Waals surface area contributed by atoms with E-state index in [0.717, 1.165) is 42.9 Å². The molecule has 2 aromatic heterocycles. The molecule has 3 heterocycles. The second-order valence-corrected chi connectivity index (χ2v) is 8.37. The maximum atomic E-state index is 6.13. The van der Waals surface area contributed by atoms with Gasteiger partial charge in [0.1, 0.15) is 0 Å². The minimum Gasteiger partial charge on any atom is -0.414 e. The van der Waals surface area contributed by atoms with Crippen molar-refractivity contribution in [1.29, 1.82) is 0 Å². The van der Waals surface area contributed by atoms with Crippen molar-refractivity contribution in [1.82, 2.24) is 35.3 Å². The number of anilines is 1. The van der Waals surface area contributed by atoms with E-state index in [1.165, 1.54) is 5.56 Å². The van der Waals surface area contributed by atoms with Crippen LogP contribution in [0, 0.1) is 6.92 Å². The number of nitrogen functional groups attached to an aromatic ring is 1. The van der Waals surface area contributed by atoms with Crippen molar-refractivity contribution in [3.63, 3.8) is 0 Å².